The van der Waals surface area contributed by atoms with Crippen LogP contribution in [0.1, 0.15) is 23.7 Å². The van der Waals surface area contributed by atoms with Crippen molar-refractivity contribution < 1.29 is 0 Å². The Kier molecular flexibility index (Phi) is 4.55. The second-order valence-corrected chi connectivity index (χ2v) is 5.43. The molecule has 1 heterocycles. The van der Waals surface area contributed by atoms with Crippen molar-refractivity contribution >= 4 is 22.3 Å². The number of rotatable bonds is 3. The molecule has 2 rings (SSSR count). The number of nitrogens with two attached hydrogens (primary N) is 1. The van der Waals surface area contributed by atoms with Crippen LogP contribution in [0.3, 0.4) is 0 Å². The summed E-state index contributed by atoms with van der Waals surface area (Å²) in [5.41, 5.74) is 10.1. The zero-order chi connectivity index (χ0) is 17.1. The number of nitriles is 2. The highest BCUT2D eigenvalue weighted by atomic mass is 14.8. The number of aryl methyl sites for hydroxylation is 2. The van der Waals surface area contributed by atoms with Gasteiger partial charge in [0, 0.05) is 11.4 Å². The fourth-order valence-corrected chi connectivity index (χ4v) is 2.33. The zero-order valence-electron chi connectivity index (χ0n) is 13.4. The number of benzene rings is 1. The third-order valence-electron chi connectivity index (χ3n) is 3.71. The van der Waals surface area contributed by atoms with E-state index in [1.807, 2.05) is 32.0 Å². The van der Waals surface area contributed by atoms with Crippen LogP contribution in [0.25, 0.3) is 10.9 Å². The summed E-state index contributed by atoms with van der Waals surface area (Å²) in [6.07, 6.45) is 0. The molecule has 0 amide bonds. The molecule has 0 saturated carbocycles. The molecule has 1 aromatic carbocycles. The van der Waals surface area contributed by atoms with Gasteiger partial charge in [0.15, 0.2) is 0 Å². The monoisotopic (exact) mass is 303 g/mol. The molecular formula is C18H17N5. The average molecular weight is 303 g/mol. The normalized spacial score (nSPS) is 12.5. The van der Waals surface area contributed by atoms with E-state index in [4.69, 9.17) is 11.0 Å². The lowest BCUT2D eigenvalue weighted by molar-refractivity contribution is 0.901. The predicted molar refractivity (Wildman–Crippen MR) is 91.4 cm³/mol. The first-order chi connectivity index (χ1) is 10.9. The Balaban J connectivity index is 2.69. The van der Waals surface area contributed by atoms with Gasteiger partial charge in [0.1, 0.15) is 23.5 Å². The highest BCUT2D eigenvalue weighted by Gasteiger charge is 2.13. The van der Waals surface area contributed by atoms with Gasteiger partial charge in [0.25, 0.3) is 0 Å². The van der Waals surface area contributed by atoms with E-state index < -0.39 is 0 Å². The van der Waals surface area contributed by atoms with E-state index in [9.17, 15) is 5.26 Å². The molecule has 0 bridgehead atoms. The third kappa shape index (κ3) is 3.11. The van der Waals surface area contributed by atoms with Gasteiger partial charge in [-0.3, -0.25) is 0 Å². The first-order valence-electron chi connectivity index (χ1n) is 7.13. The third-order valence-corrected chi connectivity index (χ3v) is 3.71. The summed E-state index contributed by atoms with van der Waals surface area (Å²) in [6, 6.07) is 9.15. The Morgan fingerprint density at radius 1 is 1.35 bits per heavy atom. The van der Waals surface area contributed by atoms with Crippen molar-refractivity contribution in [2.24, 2.45) is 10.7 Å². The molecule has 5 heteroatoms. The highest BCUT2D eigenvalue weighted by molar-refractivity contribution is 6.13. The smallest absolute Gasteiger partial charge is 0.145 e. The van der Waals surface area contributed by atoms with Crippen molar-refractivity contribution in [2.45, 2.75) is 26.8 Å². The van der Waals surface area contributed by atoms with Crippen molar-refractivity contribution in [1.29, 1.82) is 10.5 Å². The molecule has 0 spiro atoms. The first kappa shape index (κ1) is 16.4. The second-order valence-electron chi connectivity index (χ2n) is 5.43. The van der Waals surface area contributed by atoms with Gasteiger partial charge in [0.05, 0.1) is 11.2 Å². The maximum Gasteiger partial charge on any atom is 0.145 e. The first-order valence-corrected chi connectivity index (χ1v) is 7.13. The van der Waals surface area contributed by atoms with Crippen LogP contribution in [0.4, 0.5) is 5.69 Å². The maximum atomic E-state index is 9.32. The van der Waals surface area contributed by atoms with Crippen LogP contribution < -0.4 is 5.73 Å². The van der Waals surface area contributed by atoms with Crippen molar-refractivity contribution in [3.05, 3.63) is 47.2 Å². The SMILES string of the molecule is C=C(/C(C#N)=N\c1c(C)cc2nc(C#N)ccc2c1C)C(C)N. The van der Waals surface area contributed by atoms with Crippen LogP contribution >= 0.6 is 0 Å². The Morgan fingerprint density at radius 3 is 2.61 bits per heavy atom. The number of nitrogens with zero attached hydrogens (tertiary/aromatic N) is 4. The minimum Gasteiger partial charge on any atom is -0.324 e. The van der Waals surface area contributed by atoms with Crippen LogP contribution in [0.15, 0.2) is 35.3 Å². The van der Waals surface area contributed by atoms with Crippen LogP contribution in [0.5, 0.6) is 0 Å². The van der Waals surface area contributed by atoms with Gasteiger partial charge in [0.2, 0.25) is 0 Å². The maximum absolute atomic E-state index is 9.32. The van der Waals surface area contributed by atoms with Crippen molar-refractivity contribution in [3.8, 4) is 12.1 Å². The minimum absolute atomic E-state index is 0.229. The molecule has 0 aliphatic carbocycles. The Bertz CT molecular complexity index is 908. The van der Waals surface area contributed by atoms with Gasteiger partial charge in [-0.2, -0.15) is 10.5 Å². The number of aliphatic imine (C=N–C) groups is 1. The van der Waals surface area contributed by atoms with Gasteiger partial charge in [-0.15, -0.1) is 0 Å². The number of pyridine rings is 1. The fraction of sp³-hybridized carbons (Fsp3) is 0.222. The molecule has 5 nitrogen and oxygen atoms in total. The van der Waals surface area contributed by atoms with E-state index in [2.05, 4.69) is 22.6 Å². The molecule has 0 aliphatic heterocycles. The lowest BCUT2D eigenvalue weighted by atomic mass is 10.0. The molecule has 2 N–H and O–H groups in total. The number of aromatic nitrogens is 1. The predicted octanol–water partition coefficient (Wildman–Crippen LogP) is 3.22. The summed E-state index contributed by atoms with van der Waals surface area (Å²) < 4.78 is 0. The molecule has 2 aromatic rings. The van der Waals surface area contributed by atoms with Gasteiger partial charge in [-0.05, 0) is 55.7 Å². The van der Waals surface area contributed by atoms with Crippen LogP contribution in [0, 0.1) is 36.5 Å². The average Bonchev–Trinajstić information content (AvgIpc) is 2.53. The van der Waals surface area contributed by atoms with Gasteiger partial charge in [-0.25, -0.2) is 9.98 Å². The van der Waals surface area contributed by atoms with Crippen LogP contribution in [-0.2, 0) is 0 Å². The molecule has 0 saturated heterocycles. The molecule has 1 atom stereocenters. The summed E-state index contributed by atoms with van der Waals surface area (Å²) in [5, 5.41) is 19.2. The largest absolute Gasteiger partial charge is 0.324 e. The van der Waals surface area contributed by atoms with Crippen molar-refractivity contribution in [1.82, 2.24) is 4.98 Å². The van der Waals surface area contributed by atoms with E-state index in [1.54, 1.807) is 13.0 Å². The zero-order valence-corrected chi connectivity index (χ0v) is 13.4. The number of hydrogen-bond donors (Lipinski definition) is 1. The molecule has 1 unspecified atom stereocenters. The van der Waals surface area contributed by atoms with E-state index in [1.165, 1.54) is 0 Å². The number of hydrogen-bond acceptors (Lipinski definition) is 5. The van der Waals surface area contributed by atoms with Crippen LogP contribution in [-0.4, -0.2) is 16.7 Å². The number of fused-ring (bicyclic) bond motifs is 1. The van der Waals surface area contributed by atoms with E-state index >= 15 is 0 Å². The van der Waals surface area contributed by atoms with E-state index in [-0.39, 0.29) is 11.8 Å². The topological polar surface area (TPSA) is 98.8 Å². The van der Waals surface area contributed by atoms with E-state index in [0.717, 1.165) is 22.0 Å². The van der Waals surface area contributed by atoms with Gasteiger partial charge < -0.3 is 5.73 Å². The quantitative estimate of drug-likeness (QED) is 0.880. The molecule has 114 valence electrons. The van der Waals surface area contributed by atoms with Crippen molar-refractivity contribution in [2.75, 3.05) is 0 Å². The lowest BCUT2D eigenvalue weighted by Crippen LogP contribution is -2.22. The Hall–Kier alpha value is -3.02. The summed E-state index contributed by atoms with van der Waals surface area (Å²) in [6.45, 7) is 9.43. The molecule has 1 aromatic heterocycles. The van der Waals surface area contributed by atoms with Crippen molar-refractivity contribution in [3.63, 3.8) is 0 Å². The Morgan fingerprint density at radius 2 is 2.04 bits per heavy atom. The fourth-order valence-electron chi connectivity index (χ4n) is 2.33. The highest BCUT2D eigenvalue weighted by Crippen LogP contribution is 2.31. The molecule has 0 radical (unpaired) electrons. The second kappa shape index (κ2) is 6.39. The lowest BCUT2D eigenvalue weighted by Gasteiger charge is -2.12. The molecule has 0 fully saturated rings. The molecule has 0 aliphatic rings. The molecule has 23 heavy (non-hydrogen) atoms. The summed E-state index contributed by atoms with van der Waals surface area (Å²) in [4.78, 5) is 8.78. The van der Waals surface area contributed by atoms with Gasteiger partial charge in [-0.1, -0.05) is 6.58 Å². The molecular weight excluding hydrogens is 286 g/mol. The Labute approximate surface area is 135 Å². The summed E-state index contributed by atoms with van der Waals surface area (Å²) >= 11 is 0. The minimum atomic E-state index is -0.339. The van der Waals surface area contributed by atoms with Crippen LogP contribution in [0.2, 0.25) is 0 Å². The van der Waals surface area contributed by atoms with Gasteiger partial charge >= 0.3 is 0 Å². The summed E-state index contributed by atoms with van der Waals surface area (Å²) in [5.74, 6) is 0. The van der Waals surface area contributed by atoms with E-state index in [0.29, 0.717) is 17.0 Å². The standard InChI is InChI=1S/C18H17N5/c1-10-7-16-15(6-5-14(8-19)22-16)12(3)18(10)23-17(9-20)11(2)13(4)21/h5-7,13H,2,21H2,1,3-4H3/b23-17-. The summed E-state index contributed by atoms with van der Waals surface area (Å²) in [7, 11) is 0.